The monoisotopic (exact) mass is 300 g/mol. The minimum absolute atomic E-state index is 0.0422. The molecule has 2 rings (SSSR count). The van der Waals surface area contributed by atoms with Crippen molar-refractivity contribution in [1.29, 1.82) is 0 Å². The van der Waals surface area contributed by atoms with Gasteiger partial charge in [-0.15, -0.1) is 0 Å². The number of rotatable bonds is 3. The van der Waals surface area contributed by atoms with Crippen LogP contribution >= 0.6 is 0 Å². The topological polar surface area (TPSA) is 97.8 Å². The van der Waals surface area contributed by atoms with E-state index < -0.39 is 22.4 Å². The van der Waals surface area contributed by atoms with Crippen molar-refractivity contribution in [3.8, 4) is 11.4 Å². The van der Waals surface area contributed by atoms with Crippen molar-refractivity contribution >= 4 is 11.5 Å². The first-order valence-electron chi connectivity index (χ1n) is 5.94. The number of nitrogen functional groups attached to an aromatic ring is 1. The minimum atomic E-state index is -4.65. The van der Waals surface area contributed by atoms with E-state index in [1.54, 1.807) is 6.92 Å². The number of benzene rings is 1. The number of aromatic nitrogens is 2. The number of imidazole rings is 1. The number of nitrogens with two attached hydrogens (primary N) is 1. The van der Waals surface area contributed by atoms with Crippen molar-refractivity contribution in [3.63, 3.8) is 0 Å². The third-order valence-corrected chi connectivity index (χ3v) is 2.94. The zero-order chi connectivity index (χ0) is 15.8. The van der Waals surface area contributed by atoms with E-state index in [-0.39, 0.29) is 17.2 Å². The van der Waals surface area contributed by atoms with Crippen LogP contribution in [0.1, 0.15) is 18.2 Å². The number of nitrogens with zero attached hydrogens (tertiary/aromatic N) is 2. The van der Waals surface area contributed by atoms with Crippen molar-refractivity contribution in [2.45, 2.75) is 19.5 Å². The highest BCUT2D eigenvalue weighted by atomic mass is 19.4. The SMILES string of the molecule is CCc1[nH]c(-c2ccc(C(F)(F)F)cc2[N+](=O)[O-])nc1N. The number of anilines is 1. The molecular weight excluding hydrogens is 289 g/mol. The third kappa shape index (κ3) is 2.81. The summed E-state index contributed by atoms with van der Waals surface area (Å²) < 4.78 is 37.9. The van der Waals surface area contributed by atoms with Gasteiger partial charge in [-0.05, 0) is 18.6 Å². The van der Waals surface area contributed by atoms with Crippen LogP contribution in [0.15, 0.2) is 18.2 Å². The van der Waals surface area contributed by atoms with Crippen molar-refractivity contribution < 1.29 is 18.1 Å². The fraction of sp³-hybridized carbons (Fsp3) is 0.250. The molecule has 0 atom stereocenters. The van der Waals surface area contributed by atoms with Gasteiger partial charge in [0, 0.05) is 6.07 Å². The van der Waals surface area contributed by atoms with Crippen molar-refractivity contribution in [1.82, 2.24) is 9.97 Å². The molecule has 0 amide bonds. The smallest absolute Gasteiger partial charge is 0.382 e. The van der Waals surface area contributed by atoms with E-state index in [0.717, 1.165) is 12.1 Å². The second-order valence-electron chi connectivity index (χ2n) is 4.29. The van der Waals surface area contributed by atoms with Gasteiger partial charge in [-0.3, -0.25) is 10.1 Å². The number of alkyl halides is 3. The van der Waals surface area contributed by atoms with Gasteiger partial charge in [0.05, 0.1) is 21.7 Å². The zero-order valence-corrected chi connectivity index (χ0v) is 10.9. The van der Waals surface area contributed by atoms with E-state index in [1.165, 1.54) is 0 Å². The number of nitro benzene ring substituents is 1. The maximum atomic E-state index is 12.6. The summed E-state index contributed by atoms with van der Waals surface area (Å²) in [6.45, 7) is 1.80. The molecule has 0 saturated heterocycles. The molecule has 1 heterocycles. The summed E-state index contributed by atoms with van der Waals surface area (Å²) in [4.78, 5) is 16.8. The first-order valence-corrected chi connectivity index (χ1v) is 5.94. The lowest BCUT2D eigenvalue weighted by molar-refractivity contribution is -0.384. The highest BCUT2D eigenvalue weighted by Gasteiger charge is 2.33. The molecule has 0 aliphatic carbocycles. The lowest BCUT2D eigenvalue weighted by Crippen LogP contribution is -2.06. The van der Waals surface area contributed by atoms with Crippen molar-refractivity contribution in [2.24, 2.45) is 0 Å². The standard InChI is InChI=1S/C12H11F3N4O2/c1-2-8-10(16)18-11(17-8)7-4-3-6(12(13,14)15)5-9(7)19(20)21/h3-5H,2,16H2,1H3,(H,17,18). The Labute approximate surface area is 117 Å². The zero-order valence-electron chi connectivity index (χ0n) is 10.9. The Hall–Kier alpha value is -2.58. The molecule has 1 aromatic heterocycles. The van der Waals surface area contributed by atoms with Gasteiger partial charge in [-0.1, -0.05) is 6.92 Å². The Balaban J connectivity index is 2.60. The van der Waals surface area contributed by atoms with E-state index in [9.17, 15) is 23.3 Å². The van der Waals surface area contributed by atoms with Crippen molar-refractivity contribution in [3.05, 3.63) is 39.6 Å². The van der Waals surface area contributed by atoms with E-state index in [1.807, 2.05) is 0 Å². The fourth-order valence-electron chi connectivity index (χ4n) is 1.88. The molecule has 6 nitrogen and oxygen atoms in total. The molecular formula is C12H11F3N4O2. The molecule has 0 spiro atoms. The largest absolute Gasteiger partial charge is 0.416 e. The van der Waals surface area contributed by atoms with Crippen LogP contribution in [-0.2, 0) is 12.6 Å². The van der Waals surface area contributed by atoms with Crippen LogP contribution in [0.4, 0.5) is 24.7 Å². The lowest BCUT2D eigenvalue weighted by atomic mass is 10.1. The van der Waals surface area contributed by atoms with E-state index >= 15 is 0 Å². The van der Waals surface area contributed by atoms with Crippen LogP contribution < -0.4 is 5.73 Å². The summed E-state index contributed by atoms with van der Waals surface area (Å²) in [5.41, 5.74) is 4.38. The lowest BCUT2D eigenvalue weighted by Gasteiger charge is -2.07. The molecule has 1 aromatic carbocycles. The fourth-order valence-corrected chi connectivity index (χ4v) is 1.88. The number of hydrogen-bond donors (Lipinski definition) is 2. The minimum Gasteiger partial charge on any atom is -0.382 e. The number of halogens is 3. The van der Waals surface area contributed by atoms with Crippen LogP contribution in [0.25, 0.3) is 11.4 Å². The Morgan fingerprint density at radius 2 is 2.10 bits per heavy atom. The summed E-state index contributed by atoms with van der Waals surface area (Å²) in [5, 5.41) is 11.0. The molecule has 0 aliphatic heterocycles. The molecule has 0 unspecified atom stereocenters. The summed E-state index contributed by atoms with van der Waals surface area (Å²) in [6, 6.07) is 2.27. The average Bonchev–Trinajstić information content (AvgIpc) is 2.78. The predicted octanol–water partition coefficient (Wildman–Crippen LogP) is 3.15. The van der Waals surface area contributed by atoms with Crippen LogP contribution in [0.2, 0.25) is 0 Å². The molecule has 9 heteroatoms. The van der Waals surface area contributed by atoms with Crippen LogP contribution in [0, 0.1) is 10.1 Å². The quantitative estimate of drug-likeness (QED) is 0.672. The highest BCUT2D eigenvalue weighted by Crippen LogP contribution is 2.36. The molecule has 0 aliphatic rings. The Morgan fingerprint density at radius 1 is 1.43 bits per heavy atom. The van der Waals surface area contributed by atoms with Gasteiger partial charge in [0.15, 0.2) is 0 Å². The maximum Gasteiger partial charge on any atom is 0.416 e. The van der Waals surface area contributed by atoms with E-state index in [4.69, 9.17) is 5.73 Å². The third-order valence-electron chi connectivity index (χ3n) is 2.94. The van der Waals surface area contributed by atoms with E-state index in [2.05, 4.69) is 9.97 Å². The van der Waals surface area contributed by atoms with Gasteiger partial charge in [-0.2, -0.15) is 13.2 Å². The average molecular weight is 300 g/mol. The van der Waals surface area contributed by atoms with Crippen molar-refractivity contribution in [2.75, 3.05) is 5.73 Å². The van der Waals surface area contributed by atoms with Gasteiger partial charge in [0.1, 0.15) is 11.6 Å². The first-order chi connectivity index (χ1) is 9.74. The molecule has 21 heavy (non-hydrogen) atoms. The first kappa shape index (κ1) is 14.8. The molecule has 3 N–H and O–H groups in total. The van der Waals surface area contributed by atoms with Crippen LogP contribution in [0.3, 0.4) is 0 Å². The summed E-state index contributed by atoms with van der Waals surface area (Å²) in [5.74, 6) is 0.242. The molecule has 112 valence electrons. The number of nitro groups is 1. The maximum absolute atomic E-state index is 12.6. The van der Waals surface area contributed by atoms with Gasteiger partial charge >= 0.3 is 6.18 Å². The Morgan fingerprint density at radius 3 is 2.57 bits per heavy atom. The van der Waals surface area contributed by atoms with E-state index in [0.29, 0.717) is 18.2 Å². The molecule has 2 aromatic rings. The summed E-state index contributed by atoms with van der Waals surface area (Å²) in [7, 11) is 0. The summed E-state index contributed by atoms with van der Waals surface area (Å²) in [6.07, 6.45) is -4.13. The second kappa shape index (κ2) is 5.08. The normalized spacial score (nSPS) is 11.6. The molecule has 0 saturated carbocycles. The van der Waals surface area contributed by atoms with Crippen LogP contribution in [0.5, 0.6) is 0 Å². The number of hydrogen-bond acceptors (Lipinski definition) is 4. The number of nitrogens with one attached hydrogen (secondary N) is 1. The molecule has 0 bridgehead atoms. The number of H-pyrrole nitrogens is 1. The van der Waals surface area contributed by atoms with Crippen LogP contribution in [-0.4, -0.2) is 14.9 Å². The van der Waals surface area contributed by atoms with Gasteiger partial charge in [0.25, 0.3) is 5.69 Å². The Kier molecular flexibility index (Phi) is 3.58. The highest BCUT2D eigenvalue weighted by molar-refractivity contribution is 5.70. The molecule has 0 fully saturated rings. The van der Waals surface area contributed by atoms with Gasteiger partial charge in [-0.25, -0.2) is 4.98 Å². The predicted molar refractivity (Wildman–Crippen MR) is 69.5 cm³/mol. The number of aromatic amines is 1. The molecule has 0 radical (unpaired) electrons. The number of aryl methyl sites for hydroxylation is 1. The summed E-state index contributed by atoms with van der Waals surface area (Å²) >= 11 is 0. The van der Waals surface area contributed by atoms with Gasteiger partial charge < -0.3 is 10.7 Å². The second-order valence-corrected chi connectivity index (χ2v) is 4.29. The van der Waals surface area contributed by atoms with Gasteiger partial charge in [0.2, 0.25) is 0 Å². The Bertz CT molecular complexity index is 694.